The minimum absolute atomic E-state index is 0.0951. The monoisotopic (exact) mass is 341 g/mol. The first kappa shape index (κ1) is 18.0. The molecule has 1 aromatic carbocycles. The lowest BCUT2D eigenvalue weighted by Gasteiger charge is -2.41. The van der Waals surface area contributed by atoms with Crippen molar-refractivity contribution in [2.75, 3.05) is 13.1 Å². The number of hydrogen-bond acceptors (Lipinski definition) is 3. The van der Waals surface area contributed by atoms with E-state index in [1.807, 2.05) is 0 Å². The van der Waals surface area contributed by atoms with Crippen molar-refractivity contribution in [1.29, 1.82) is 0 Å². The zero-order chi connectivity index (χ0) is 18.0. The van der Waals surface area contributed by atoms with Crippen LogP contribution < -0.4 is 0 Å². The largest absolute Gasteiger partial charge is 0.471 e. The van der Waals surface area contributed by atoms with E-state index in [1.165, 1.54) is 6.92 Å². The third-order valence-corrected chi connectivity index (χ3v) is 4.04. The Hall–Kier alpha value is -2.31. The number of alkyl halides is 3. The maximum Gasteiger partial charge on any atom is 0.471 e. The number of nitrogens with zero attached hydrogens (tertiary/aromatic N) is 1. The SMILES string of the molecule is C=C(C)C(=O)OC1(c2ccccc2)CCN(C(=O)C(F)(F)F)CC1. The van der Waals surface area contributed by atoms with Gasteiger partial charge in [0.15, 0.2) is 0 Å². The highest BCUT2D eigenvalue weighted by molar-refractivity contribution is 5.87. The normalized spacial score (nSPS) is 17.2. The van der Waals surface area contributed by atoms with E-state index in [0.29, 0.717) is 5.56 Å². The van der Waals surface area contributed by atoms with Gasteiger partial charge in [-0.15, -0.1) is 0 Å². The van der Waals surface area contributed by atoms with Crippen LogP contribution in [0.1, 0.15) is 25.3 Å². The third kappa shape index (κ3) is 3.77. The van der Waals surface area contributed by atoms with Gasteiger partial charge in [-0.25, -0.2) is 4.79 Å². The number of rotatable bonds is 3. The van der Waals surface area contributed by atoms with Crippen LogP contribution in [0.3, 0.4) is 0 Å². The van der Waals surface area contributed by atoms with E-state index in [1.54, 1.807) is 30.3 Å². The van der Waals surface area contributed by atoms with Crippen LogP contribution in [-0.2, 0) is 19.9 Å². The number of amides is 1. The van der Waals surface area contributed by atoms with Crippen LogP contribution in [0.2, 0.25) is 0 Å². The standard InChI is InChI=1S/C17H18F3NO3/c1-12(2)14(22)24-16(13-6-4-3-5-7-13)8-10-21(11-9-16)15(23)17(18,19)20/h3-7H,1,8-11H2,2H3. The Kier molecular flexibility index (Phi) is 5.01. The smallest absolute Gasteiger partial charge is 0.451 e. The van der Waals surface area contributed by atoms with Crippen molar-refractivity contribution < 1.29 is 27.5 Å². The molecule has 24 heavy (non-hydrogen) atoms. The molecule has 7 heteroatoms. The van der Waals surface area contributed by atoms with Crippen molar-refractivity contribution in [1.82, 2.24) is 4.90 Å². The molecule has 0 aliphatic carbocycles. The minimum Gasteiger partial charge on any atom is -0.451 e. The molecule has 0 aromatic heterocycles. The van der Waals surface area contributed by atoms with Crippen molar-refractivity contribution in [3.8, 4) is 0 Å². The Morgan fingerprint density at radius 3 is 2.17 bits per heavy atom. The topological polar surface area (TPSA) is 46.6 Å². The lowest BCUT2D eigenvalue weighted by molar-refractivity contribution is -0.191. The number of ether oxygens (including phenoxy) is 1. The van der Waals surface area contributed by atoms with Crippen LogP contribution in [-0.4, -0.2) is 36.0 Å². The zero-order valence-corrected chi connectivity index (χ0v) is 13.2. The molecule has 1 saturated heterocycles. The molecule has 1 amide bonds. The maximum absolute atomic E-state index is 12.6. The van der Waals surface area contributed by atoms with Crippen molar-refractivity contribution in [2.45, 2.75) is 31.5 Å². The number of halogens is 3. The molecule has 4 nitrogen and oxygen atoms in total. The lowest BCUT2D eigenvalue weighted by Crippen LogP contribution is -2.50. The van der Waals surface area contributed by atoms with Gasteiger partial charge in [0, 0.05) is 31.5 Å². The zero-order valence-electron chi connectivity index (χ0n) is 13.2. The predicted octanol–water partition coefficient (Wildman–Crippen LogP) is 3.19. The Morgan fingerprint density at radius 1 is 1.17 bits per heavy atom. The van der Waals surface area contributed by atoms with E-state index in [-0.39, 0.29) is 31.5 Å². The Balaban J connectivity index is 2.23. The molecular formula is C17H18F3NO3. The van der Waals surface area contributed by atoms with Gasteiger partial charge in [0.2, 0.25) is 0 Å². The fourth-order valence-corrected chi connectivity index (χ4v) is 2.71. The van der Waals surface area contributed by atoms with Gasteiger partial charge in [-0.05, 0) is 12.5 Å². The number of piperidine rings is 1. The van der Waals surface area contributed by atoms with Gasteiger partial charge in [-0.2, -0.15) is 13.2 Å². The average Bonchev–Trinajstić information content (AvgIpc) is 2.54. The van der Waals surface area contributed by atoms with Crippen LogP contribution in [0.15, 0.2) is 42.5 Å². The molecular weight excluding hydrogens is 323 g/mol. The summed E-state index contributed by atoms with van der Waals surface area (Å²) < 4.78 is 43.3. The molecule has 1 fully saturated rings. The summed E-state index contributed by atoms with van der Waals surface area (Å²) in [7, 11) is 0. The molecule has 1 aliphatic rings. The molecule has 1 heterocycles. The highest BCUT2D eigenvalue weighted by Crippen LogP contribution is 2.38. The van der Waals surface area contributed by atoms with E-state index in [0.717, 1.165) is 4.90 Å². The van der Waals surface area contributed by atoms with Gasteiger partial charge >= 0.3 is 18.1 Å². The summed E-state index contributed by atoms with van der Waals surface area (Å²) in [6, 6.07) is 8.83. The van der Waals surface area contributed by atoms with Crippen LogP contribution in [0.4, 0.5) is 13.2 Å². The second-order valence-electron chi connectivity index (χ2n) is 5.82. The third-order valence-electron chi connectivity index (χ3n) is 4.04. The Morgan fingerprint density at radius 2 is 1.71 bits per heavy atom. The van der Waals surface area contributed by atoms with Gasteiger partial charge in [0.25, 0.3) is 0 Å². The van der Waals surface area contributed by atoms with E-state index in [2.05, 4.69) is 6.58 Å². The van der Waals surface area contributed by atoms with Crippen molar-refractivity contribution >= 4 is 11.9 Å². The number of benzene rings is 1. The fourth-order valence-electron chi connectivity index (χ4n) is 2.71. The first-order valence-corrected chi connectivity index (χ1v) is 7.46. The van der Waals surface area contributed by atoms with Crippen molar-refractivity contribution in [2.24, 2.45) is 0 Å². The van der Waals surface area contributed by atoms with E-state index in [9.17, 15) is 22.8 Å². The molecule has 0 N–H and O–H groups in total. The van der Waals surface area contributed by atoms with E-state index >= 15 is 0 Å². The summed E-state index contributed by atoms with van der Waals surface area (Å²) in [5.74, 6) is -2.47. The molecule has 1 aliphatic heterocycles. The number of carbonyl (C=O) groups is 2. The first-order valence-electron chi connectivity index (χ1n) is 7.46. The molecule has 0 radical (unpaired) electrons. The highest BCUT2D eigenvalue weighted by atomic mass is 19.4. The quantitative estimate of drug-likeness (QED) is 0.627. The number of esters is 1. The first-order chi connectivity index (χ1) is 11.2. The Labute approximate surface area is 137 Å². The van der Waals surface area contributed by atoms with Gasteiger partial charge in [0.05, 0.1) is 0 Å². The van der Waals surface area contributed by atoms with Crippen LogP contribution >= 0.6 is 0 Å². The molecule has 1 aromatic rings. The van der Waals surface area contributed by atoms with Crippen molar-refractivity contribution in [3.63, 3.8) is 0 Å². The van der Waals surface area contributed by atoms with Gasteiger partial charge < -0.3 is 9.64 Å². The molecule has 0 unspecified atom stereocenters. The second kappa shape index (κ2) is 6.67. The summed E-state index contributed by atoms with van der Waals surface area (Å²) in [5.41, 5.74) is -0.155. The molecule has 0 saturated carbocycles. The van der Waals surface area contributed by atoms with Gasteiger partial charge in [-0.1, -0.05) is 36.9 Å². The molecule has 0 atom stereocenters. The minimum atomic E-state index is -4.90. The van der Waals surface area contributed by atoms with E-state index in [4.69, 9.17) is 4.74 Å². The molecule has 130 valence electrons. The summed E-state index contributed by atoms with van der Waals surface area (Å²) in [5, 5.41) is 0. The second-order valence-corrected chi connectivity index (χ2v) is 5.82. The average molecular weight is 341 g/mol. The van der Waals surface area contributed by atoms with Crippen LogP contribution in [0.5, 0.6) is 0 Å². The lowest BCUT2D eigenvalue weighted by atomic mass is 9.84. The van der Waals surface area contributed by atoms with Crippen molar-refractivity contribution in [3.05, 3.63) is 48.0 Å². The number of carbonyl (C=O) groups excluding carboxylic acids is 2. The summed E-state index contributed by atoms with van der Waals surface area (Å²) in [4.78, 5) is 24.1. The maximum atomic E-state index is 12.6. The Bertz CT molecular complexity index is 632. The molecule has 0 spiro atoms. The summed E-state index contributed by atoms with van der Waals surface area (Å²) >= 11 is 0. The van der Waals surface area contributed by atoms with Gasteiger partial charge in [-0.3, -0.25) is 4.79 Å². The number of likely N-dealkylation sites (tertiary alicyclic amines) is 1. The summed E-state index contributed by atoms with van der Waals surface area (Å²) in [6.45, 7) is 4.75. The van der Waals surface area contributed by atoms with E-state index < -0.39 is 23.7 Å². The van der Waals surface area contributed by atoms with Gasteiger partial charge in [0.1, 0.15) is 5.60 Å². The molecule has 0 bridgehead atoms. The molecule has 2 rings (SSSR count). The fraction of sp³-hybridized carbons (Fsp3) is 0.412. The highest BCUT2D eigenvalue weighted by Gasteiger charge is 2.47. The van der Waals surface area contributed by atoms with Crippen LogP contribution in [0.25, 0.3) is 0 Å². The predicted molar refractivity (Wildman–Crippen MR) is 80.9 cm³/mol. The number of hydrogen-bond donors (Lipinski definition) is 0. The summed E-state index contributed by atoms with van der Waals surface area (Å²) in [6.07, 6.45) is -4.71. The van der Waals surface area contributed by atoms with Crippen LogP contribution in [0, 0.1) is 0 Å².